The standard InChI is InChI=1S/C27H26N2O5/c1-29(24(26(32)28-16-25(30)31)15-18-9-3-2-4-10-18)27(33)34-17-23-21-13-7-5-11-19(21)20-12-6-8-14-22(20)23/h2-14,23-24H,15-17H2,1H3,(H,28,32)(H,30,31)/t24-/m0/s1. The molecule has 1 atom stereocenters. The zero-order chi connectivity index (χ0) is 24.1. The van der Waals surface area contributed by atoms with Crippen molar-refractivity contribution in [3.8, 4) is 11.1 Å². The van der Waals surface area contributed by atoms with Crippen LogP contribution >= 0.6 is 0 Å². The Morgan fingerprint density at radius 2 is 1.47 bits per heavy atom. The third kappa shape index (κ3) is 4.93. The fourth-order valence-electron chi connectivity index (χ4n) is 4.35. The predicted octanol–water partition coefficient (Wildman–Crippen LogP) is 3.68. The van der Waals surface area contributed by atoms with Crippen molar-refractivity contribution in [2.45, 2.75) is 18.4 Å². The minimum atomic E-state index is -1.16. The molecule has 1 aliphatic rings. The molecule has 0 saturated carbocycles. The van der Waals surface area contributed by atoms with Crippen LogP contribution in [0.1, 0.15) is 22.6 Å². The normalized spacial score (nSPS) is 12.9. The summed E-state index contributed by atoms with van der Waals surface area (Å²) < 4.78 is 5.69. The summed E-state index contributed by atoms with van der Waals surface area (Å²) in [6.07, 6.45) is -0.416. The lowest BCUT2D eigenvalue weighted by atomic mass is 9.98. The van der Waals surface area contributed by atoms with E-state index in [4.69, 9.17) is 9.84 Å². The SMILES string of the molecule is CN(C(=O)OCC1c2ccccc2-c2ccccc21)[C@@H](Cc1ccccc1)C(=O)NCC(=O)O. The van der Waals surface area contributed by atoms with Gasteiger partial charge in [-0.15, -0.1) is 0 Å². The molecule has 0 spiro atoms. The number of nitrogens with zero attached hydrogens (tertiary/aromatic N) is 1. The summed E-state index contributed by atoms with van der Waals surface area (Å²) in [6, 6.07) is 24.4. The van der Waals surface area contributed by atoms with Crippen LogP contribution in [0.3, 0.4) is 0 Å². The largest absolute Gasteiger partial charge is 0.480 e. The van der Waals surface area contributed by atoms with Gasteiger partial charge in [0.05, 0.1) is 0 Å². The van der Waals surface area contributed by atoms with Gasteiger partial charge in [-0.25, -0.2) is 4.79 Å². The van der Waals surface area contributed by atoms with Gasteiger partial charge in [-0.05, 0) is 27.8 Å². The van der Waals surface area contributed by atoms with E-state index in [2.05, 4.69) is 17.4 Å². The number of benzene rings is 3. The Hall–Kier alpha value is -4.13. The van der Waals surface area contributed by atoms with Gasteiger partial charge in [-0.2, -0.15) is 0 Å². The molecule has 174 valence electrons. The molecule has 0 aromatic heterocycles. The van der Waals surface area contributed by atoms with Crippen molar-refractivity contribution in [3.05, 3.63) is 95.6 Å². The van der Waals surface area contributed by atoms with Crippen molar-refractivity contribution in [3.63, 3.8) is 0 Å². The van der Waals surface area contributed by atoms with Gasteiger partial charge in [0.1, 0.15) is 19.2 Å². The van der Waals surface area contributed by atoms with Crippen molar-refractivity contribution in [2.75, 3.05) is 20.2 Å². The number of hydrogen-bond donors (Lipinski definition) is 2. The molecule has 34 heavy (non-hydrogen) atoms. The molecule has 0 saturated heterocycles. The number of likely N-dealkylation sites (N-methyl/N-ethyl adjacent to an activating group) is 1. The highest BCUT2D eigenvalue weighted by atomic mass is 16.6. The quantitative estimate of drug-likeness (QED) is 0.537. The Morgan fingerprint density at radius 1 is 0.912 bits per heavy atom. The summed E-state index contributed by atoms with van der Waals surface area (Å²) in [5.41, 5.74) is 5.29. The smallest absolute Gasteiger partial charge is 0.410 e. The molecule has 3 aromatic rings. The second-order valence-electron chi connectivity index (χ2n) is 8.23. The lowest BCUT2D eigenvalue weighted by Crippen LogP contribution is -2.50. The molecule has 0 bridgehead atoms. The fraction of sp³-hybridized carbons (Fsp3) is 0.222. The molecular formula is C27H26N2O5. The molecule has 2 N–H and O–H groups in total. The van der Waals surface area contributed by atoms with Crippen LogP contribution in [0.15, 0.2) is 78.9 Å². The number of nitrogens with one attached hydrogen (secondary N) is 1. The fourth-order valence-corrected chi connectivity index (χ4v) is 4.35. The lowest BCUT2D eigenvalue weighted by Gasteiger charge is -2.27. The van der Waals surface area contributed by atoms with E-state index in [1.54, 1.807) is 0 Å². The highest BCUT2D eigenvalue weighted by molar-refractivity contribution is 5.88. The highest BCUT2D eigenvalue weighted by Gasteiger charge is 2.32. The Morgan fingerprint density at radius 3 is 2.06 bits per heavy atom. The van der Waals surface area contributed by atoms with Crippen LogP contribution in [0.25, 0.3) is 11.1 Å². The number of carbonyl (C=O) groups excluding carboxylic acids is 2. The molecule has 7 heteroatoms. The summed E-state index contributed by atoms with van der Waals surface area (Å²) in [7, 11) is 1.49. The predicted molar refractivity (Wildman–Crippen MR) is 127 cm³/mol. The molecule has 0 aliphatic heterocycles. The van der Waals surface area contributed by atoms with E-state index in [0.29, 0.717) is 0 Å². The van der Waals surface area contributed by atoms with Gasteiger partial charge in [-0.3, -0.25) is 14.5 Å². The Balaban J connectivity index is 1.49. The monoisotopic (exact) mass is 458 g/mol. The topological polar surface area (TPSA) is 95.9 Å². The third-order valence-electron chi connectivity index (χ3n) is 6.08. The maximum absolute atomic E-state index is 13.0. The van der Waals surface area contributed by atoms with Crippen LogP contribution in [-0.2, 0) is 20.7 Å². The van der Waals surface area contributed by atoms with Crippen molar-refractivity contribution in [1.29, 1.82) is 0 Å². The number of aliphatic carboxylic acids is 1. The third-order valence-corrected chi connectivity index (χ3v) is 6.08. The summed E-state index contributed by atoms with van der Waals surface area (Å²) in [4.78, 5) is 37.9. The molecular weight excluding hydrogens is 432 g/mol. The lowest BCUT2D eigenvalue weighted by molar-refractivity contribution is -0.138. The van der Waals surface area contributed by atoms with Gasteiger partial charge >= 0.3 is 12.1 Å². The first-order valence-corrected chi connectivity index (χ1v) is 11.1. The maximum atomic E-state index is 13.0. The van der Waals surface area contributed by atoms with E-state index in [9.17, 15) is 14.4 Å². The zero-order valence-corrected chi connectivity index (χ0v) is 18.8. The number of carboxylic acids is 1. The van der Waals surface area contributed by atoms with Crippen LogP contribution in [0.2, 0.25) is 0 Å². The maximum Gasteiger partial charge on any atom is 0.410 e. The minimum absolute atomic E-state index is 0.0989. The second kappa shape index (κ2) is 10.2. The molecule has 0 unspecified atom stereocenters. The number of hydrogen-bond acceptors (Lipinski definition) is 4. The van der Waals surface area contributed by atoms with Crippen LogP contribution in [0, 0.1) is 0 Å². The Kier molecular flexibility index (Phi) is 6.92. The van der Waals surface area contributed by atoms with Crippen LogP contribution < -0.4 is 5.32 Å². The molecule has 3 aromatic carbocycles. The highest BCUT2D eigenvalue weighted by Crippen LogP contribution is 2.44. The average Bonchev–Trinajstić information content (AvgIpc) is 3.18. The van der Waals surface area contributed by atoms with Crippen molar-refractivity contribution in [1.82, 2.24) is 10.2 Å². The molecule has 0 heterocycles. The first kappa shape index (κ1) is 23.0. The van der Waals surface area contributed by atoms with Gasteiger partial charge < -0.3 is 15.2 Å². The van der Waals surface area contributed by atoms with Gasteiger partial charge in [0, 0.05) is 19.4 Å². The van der Waals surface area contributed by atoms with Gasteiger partial charge in [0.25, 0.3) is 0 Å². The summed E-state index contributed by atoms with van der Waals surface area (Å²) in [5.74, 6) is -1.81. The van der Waals surface area contributed by atoms with E-state index in [-0.39, 0.29) is 18.9 Å². The molecule has 0 radical (unpaired) electrons. The number of carboxylic acid groups (broad SMARTS) is 1. The molecule has 4 rings (SSSR count). The second-order valence-corrected chi connectivity index (χ2v) is 8.23. The average molecular weight is 459 g/mol. The summed E-state index contributed by atoms with van der Waals surface area (Å²) >= 11 is 0. The van der Waals surface area contributed by atoms with Gasteiger partial charge in [0.2, 0.25) is 5.91 Å². The molecule has 0 fully saturated rings. The number of rotatable bonds is 8. The van der Waals surface area contributed by atoms with E-state index in [1.165, 1.54) is 11.9 Å². The Bertz CT molecular complexity index is 1150. The van der Waals surface area contributed by atoms with Crippen molar-refractivity contribution < 1.29 is 24.2 Å². The number of ether oxygens (including phenoxy) is 1. The number of fused-ring (bicyclic) bond motifs is 3. The van der Waals surface area contributed by atoms with Crippen molar-refractivity contribution in [2.24, 2.45) is 0 Å². The van der Waals surface area contributed by atoms with Gasteiger partial charge in [-0.1, -0.05) is 78.9 Å². The molecule has 1 aliphatic carbocycles. The molecule has 2 amide bonds. The summed E-state index contributed by atoms with van der Waals surface area (Å²) in [6.45, 7) is -0.394. The number of amides is 2. The van der Waals surface area contributed by atoms with Crippen molar-refractivity contribution >= 4 is 18.0 Å². The zero-order valence-electron chi connectivity index (χ0n) is 18.8. The summed E-state index contributed by atoms with van der Waals surface area (Å²) in [5, 5.41) is 11.3. The van der Waals surface area contributed by atoms with Crippen LogP contribution in [-0.4, -0.2) is 54.2 Å². The first-order valence-electron chi connectivity index (χ1n) is 11.1. The van der Waals surface area contributed by atoms with E-state index < -0.39 is 30.6 Å². The minimum Gasteiger partial charge on any atom is -0.480 e. The number of carbonyl (C=O) groups is 3. The van der Waals surface area contributed by atoms with Crippen LogP contribution in [0.5, 0.6) is 0 Å². The molecule has 7 nitrogen and oxygen atoms in total. The Labute approximate surface area is 198 Å². The van der Waals surface area contributed by atoms with E-state index in [0.717, 1.165) is 27.8 Å². The van der Waals surface area contributed by atoms with E-state index in [1.807, 2.05) is 66.7 Å². The first-order chi connectivity index (χ1) is 16.5. The van der Waals surface area contributed by atoms with Crippen LogP contribution in [0.4, 0.5) is 4.79 Å². The van der Waals surface area contributed by atoms with Gasteiger partial charge in [0.15, 0.2) is 0 Å². The van der Waals surface area contributed by atoms with E-state index >= 15 is 0 Å².